The molecule has 0 saturated carbocycles. The Labute approximate surface area is 86.4 Å². The number of rotatable bonds is 3. The fourth-order valence-electron chi connectivity index (χ4n) is 2.24. The zero-order valence-corrected chi connectivity index (χ0v) is 9.67. The highest BCUT2D eigenvalue weighted by atomic mass is 16.5. The number of nitrogens with zero attached hydrogens (tertiary/aromatic N) is 1. The van der Waals surface area contributed by atoms with Gasteiger partial charge >= 0.3 is 5.97 Å². The molecule has 0 aromatic rings. The molecule has 82 valence electrons. The van der Waals surface area contributed by atoms with Crippen molar-refractivity contribution < 1.29 is 9.53 Å². The van der Waals surface area contributed by atoms with Crippen LogP contribution in [0, 0.1) is 0 Å². The van der Waals surface area contributed by atoms with E-state index in [2.05, 4.69) is 18.7 Å². The lowest BCUT2D eigenvalue weighted by molar-refractivity contribution is -0.150. The van der Waals surface area contributed by atoms with E-state index in [1.54, 1.807) is 0 Å². The van der Waals surface area contributed by atoms with Crippen LogP contribution >= 0.6 is 0 Å². The first kappa shape index (κ1) is 11.5. The summed E-state index contributed by atoms with van der Waals surface area (Å²) in [6, 6.07) is -0.104. The van der Waals surface area contributed by atoms with Crippen LogP contribution in [0.1, 0.15) is 40.5 Å². The molecule has 1 fully saturated rings. The summed E-state index contributed by atoms with van der Waals surface area (Å²) >= 11 is 0. The maximum atomic E-state index is 11.6. The summed E-state index contributed by atoms with van der Waals surface area (Å²) in [7, 11) is 0. The second-order valence-electron chi connectivity index (χ2n) is 4.54. The fourth-order valence-corrected chi connectivity index (χ4v) is 2.24. The Kier molecular flexibility index (Phi) is 3.53. The minimum atomic E-state index is -0.104. The van der Waals surface area contributed by atoms with Crippen LogP contribution in [0.15, 0.2) is 0 Å². The van der Waals surface area contributed by atoms with E-state index < -0.39 is 0 Å². The highest BCUT2D eigenvalue weighted by molar-refractivity contribution is 5.75. The number of hydrogen-bond donors (Lipinski definition) is 0. The smallest absolute Gasteiger partial charge is 0.323 e. The van der Waals surface area contributed by atoms with Gasteiger partial charge in [-0.05, 0) is 47.1 Å². The lowest BCUT2D eigenvalue weighted by Gasteiger charge is -2.35. The average Bonchev–Trinajstić information content (AvgIpc) is 2.44. The molecular formula is C11H21NO2. The topological polar surface area (TPSA) is 29.5 Å². The molecule has 1 aliphatic heterocycles. The van der Waals surface area contributed by atoms with E-state index in [0.29, 0.717) is 6.61 Å². The van der Waals surface area contributed by atoms with Crippen LogP contribution < -0.4 is 0 Å². The fraction of sp³-hybridized carbons (Fsp3) is 0.909. The molecule has 0 amide bonds. The van der Waals surface area contributed by atoms with Gasteiger partial charge in [-0.2, -0.15) is 0 Å². The average molecular weight is 199 g/mol. The van der Waals surface area contributed by atoms with Gasteiger partial charge < -0.3 is 4.74 Å². The van der Waals surface area contributed by atoms with Gasteiger partial charge in [0.15, 0.2) is 0 Å². The maximum Gasteiger partial charge on any atom is 0.323 e. The Morgan fingerprint density at radius 1 is 1.57 bits per heavy atom. The molecule has 3 heteroatoms. The minimum absolute atomic E-state index is 0.0949. The highest BCUT2D eigenvalue weighted by Gasteiger charge is 2.37. The summed E-state index contributed by atoms with van der Waals surface area (Å²) in [6.07, 6.45) is 2.34. The van der Waals surface area contributed by atoms with Gasteiger partial charge in [-0.25, -0.2) is 0 Å². The van der Waals surface area contributed by atoms with Gasteiger partial charge in [-0.15, -0.1) is 0 Å². The van der Waals surface area contributed by atoms with Crippen LogP contribution in [-0.2, 0) is 9.53 Å². The van der Waals surface area contributed by atoms with Crippen molar-refractivity contribution in [3.63, 3.8) is 0 Å². The number of likely N-dealkylation sites (tertiary alicyclic amines) is 1. The molecule has 0 aromatic heterocycles. The Balaban J connectivity index is 2.60. The van der Waals surface area contributed by atoms with Crippen molar-refractivity contribution in [3.05, 3.63) is 0 Å². The second-order valence-corrected chi connectivity index (χ2v) is 4.54. The lowest BCUT2D eigenvalue weighted by atomic mass is 10.0. The Morgan fingerprint density at radius 3 is 2.64 bits per heavy atom. The van der Waals surface area contributed by atoms with Crippen molar-refractivity contribution in [1.29, 1.82) is 0 Å². The van der Waals surface area contributed by atoms with Gasteiger partial charge in [0.2, 0.25) is 0 Å². The predicted octanol–water partition coefficient (Wildman–Crippen LogP) is 1.81. The van der Waals surface area contributed by atoms with Crippen molar-refractivity contribution in [3.8, 4) is 0 Å². The standard InChI is InChI=1S/C11H21NO2/c1-5-14-10(13)9(2)12-8-6-7-11(12,3)4/h9H,5-8H2,1-4H3. The SMILES string of the molecule is CCOC(=O)C(C)N1CCCC1(C)C. The molecule has 1 unspecified atom stereocenters. The first-order valence-corrected chi connectivity index (χ1v) is 5.42. The number of ether oxygens (including phenoxy) is 1. The van der Waals surface area contributed by atoms with Gasteiger partial charge in [0.05, 0.1) is 6.61 Å². The van der Waals surface area contributed by atoms with Crippen LogP contribution in [0.4, 0.5) is 0 Å². The minimum Gasteiger partial charge on any atom is -0.465 e. The molecule has 0 radical (unpaired) electrons. The molecule has 0 N–H and O–H groups in total. The number of carbonyl (C=O) groups excluding carboxylic acids is 1. The number of carbonyl (C=O) groups is 1. The predicted molar refractivity (Wildman–Crippen MR) is 56.1 cm³/mol. The van der Waals surface area contributed by atoms with Crippen molar-refractivity contribution in [2.75, 3.05) is 13.2 Å². The van der Waals surface area contributed by atoms with E-state index >= 15 is 0 Å². The first-order chi connectivity index (χ1) is 6.49. The zero-order valence-electron chi connectivity index (χ0n) is 9.67. The number of esters is 1. The van der Waals surface area contributed by atoms with E-state index in [9.17, 15) is 4.79 Å². The van der Waals surface area contributed by atoms with Gasteiger partial charge in [-0.3, -0.25) is 9.69 Å². The van der Waals surface area contributed by atoms with Crippen molar-refractivity contribution >= 4 is 5.97 Å². The van der Waals surface area contributed by atoms with E-state index in [1.165, 1.54) is 6.42 Å². The van der Waals surface area contributed by atoms with Gasteiger partial charge in [0, 0.05) is 5.54 Å². The molecule has 1 saturated heterocycles. The molecule has 0 bridgehead atoms. The summed E-state index contributed by atoms with van der Waals surface area (Å²) in [6.45, 7) is 9.64. The summed E-state index contributed by atoms with van der Waals surface area (Å²) in [4.78, 5) is 13.8. The summed E-state index contributed by atoms with van der Waals surface area (Å²) < 4.78 is 5.03. The third-order valence-corrected chi connectivity index (χ3v) is 3.06. The molecule has 0 aliphatic carbocycles. The Bertz CT molecular complexity index is 213. The molecule has 0 aromatic carbocycles. The monoisotopic (exact) mass is 199 g/mol. The molecule has 3 nitrogen and oxygen atoms in total. The van der Waals surface area contributed by atoms with Crippen LogP contribution in [0.3, 0.4) is 0 Å². The largest absolute Gasteiger partial charge is 0.465 e. The van der Waals surface area contributed by atoms with Crippen LogP contribution in [0.25, 0.3) is 0 Å². The normalized spacial score (nSPS) is 23.4. The summed E-state index contributed by atoms with van der Waals surface area (Å²) in [5.41, 5.74) is 0.145. The molecule has 1 rings (SSSR count). The molecule has 0 spiro atoms. The first-order valence-electron chi connectivity index (χ1n) is 5.42. The van der Waals surface area contributed by atoms with Gasteiger partial charge in [0.1, 0.15) is 6.04 Å². The van der Waals surface area contributed by atoms with Gasteiger partial charge in [0.25, 0.3) is 0 Å². The molecule has 1 atom stereocenters. The van der Waals surface area contributed by atoms with Crippen LogP contribution in [-0.4, -0.2) is 35.6 Å². The van der Waals surface area contributed by atoms with E-state index in [1.807, 2.05) is 13.8 Å². The summed E-state index contributed by atoms with van der Waals surface area (Å²) in [5, 5.41) is 0. The van der Waals surface area contributed by atoms with E-state index in [-0.39, 0.29) is 17.6 Å². The highest BCUT2D eigenvalue weighted by Crippen LogP contribution is 2.30. The third-order valence-electron chi connectivity index (χ3n) is 3.06. The van der Waals surface area contributed by atoms with Gasteiger partial charge in [-0.1, -0.05) is 0 Å². The Hall–Kier alpha value is -0.570. The zero-order chi connectivity index (χ0) is 10.8. The maximum absolute atomic E-state index is 11.6. The van der Waals surface area contributed by atoms with E-state index in [4.69, 9.17) is 4.74 Å². The van der Waals surface area contributed by atoms with Crippen molar-refractivity contribution in [2.24, 2.45) is 0 Å². The second kappa shape index (κ2) is 4.30. The van der Waals surface area contributed by atoms with Crippen molar-refractivity contribution in [1.82, 2.24) is 4.90 Å². The molecule has 1 heterocycles. The van der Waals surface area contributed by atoms with Crippen LogP contribution in [0.5, 0.6) is 0 Å². The number of hydrogen-bond acceptors (Lipinski definition) is 3. The summed E-state index contributed by atoms with van der Waals surface area (Å²) in [5.74, 6) is -0.0949. The molecule has 14 heavy (non-hydrogen) atoms. The molecule has 1 aliphatic rings. The Morgan fingerprint density at radius 2 is 2.21 bits per heavy atom. The van der Waals surface area contributed by atoms with Crippen LogP contribution in [0.2, 0.25) is 0 Å². The van der Waals surface area contributed by atoms with E-state index in [0.717, 1.165) is 13.0 Å². The quantitative estimate of drug-likeness (QED) is 0.649. The van der Waals surface area contributed by atoms with Crippen molar-refractivity contribution in [2.45, 2.75) is 52.1 Å². The third kappa shape index (κ3) is 2.27. The lowest BCUT2D eigenvalue weighted by Crippen LogP contribution is -2.48. The molecular weight excluding hydrogens is 178 g/mol.